The Balaban J connectivity index is 0.000000211. The molecule has 2 N–H and O–H groups in total. The summed E-state index contributed by atoms with van der Waals surface area (Å²) in [6.07, 6.45) is -3.72. The molecule has 0 bridgehead atoms. The van der Waals surface area contributed by atoms with Crippen LogP contribution in [0.1, 0.15) is 84.6 Å². The van der Waals surface area contributed by atoms with Crippen molar-refractivity contribution in [3.8, 4) is 45.6 Å². The lowest BCUT2D eigenvalue weighted by atomic mass is 9.97. The van der Waals surface area contributed by atoms with Gasteiger partial charge in [0.1, 0.15) is 23.0 Å². The predicted octanol–water partition coefficient (Wildman–Crippen LogP) is 9.88. The van der Waals surface area contributed by atoms with Gasteiger partial charge in [-0.15, -0.1) is 20.4 Å². The molecular weight excluding hydrogens is 939 g/mol. The number of hydrogen-bond acceptors (Lipinski definition) is 10. The van der Waals surface area contributed by atoms with Gasteiger partial charge in [0.2, 0.25) is 11.8 Å². The van der Waals surface area contributed by atoms with Gasteiger partial charge in [0.05, 0.1) is 38.3 Å². The topological polar surface area (TPSA) is 171 Å². The number of amides is 2. The smallest absolute Gasteiger partial charge is 0.350 e. The van der Waals surface area contributed by atoms with Crippen molar-refractivity contribution in [2.75, 3.05) is 0 Å². The number of imidazole rings is 2. The molecule has 8 aromatic rings. The van der Waals surface area contributed by atoms with Gasteiger partial charge in [-0.1, -0.05) is 125 Å². The third kappa shape index (κ3) is 13.2. The number of nitrogens with one attached hydrogen (secondary N) is 2. The van der Waals surface area contributed by atoms with E-state index in [0.717, 1.165) is 34.6 Å². The summed E-state index contributed by atoms with van der Waals surface area (Å²) in [7, 11) is 3.01. The Hall–Kier alpha value is -8.16. The van der Waals surface area contributed by atoms with Gasteiger partial charge in [-0.2, -0.15) is 26.3 Å². The van der Waals surface area contributed by atoms with Crippen LogP contribution in [0, 0.1) is 0 Å². The van der Waals surface area contributed by atoms with Crippen molar-refractivity contribution < 1.29 is 35.9 Å². The molecule has 8 rings (SSSR count). The van der Waals surface area contributed by atoms with Gasteiger partial charge < -0.3 is 19.8 Å². The fraction of sp³-hybridized carbons (Fsp3) is 0.269. The molecule has 2 amide bonds. The fourth-order valence-electron chi connectivity index (χ4n) is 7.57. The second-order valence-electron chi connectivity index (χ2n) is 17.4. The second-order valence-corrected chi connectivity index (χ2v) is 17.4. The first-order valence-electron chi connectivity index (χ1n) is 22.7. The summed E-state index contributed by atoms with van der Waals surface area (Å²) in [4.78, 5) is 41.0. The van der Waals surface area contributed by atoms with Crippen molar-refractivity contribution in [2.45, 2.75) is 77.8 Å². The first kappa shape index (κ1) is 51.7. The Bertz CT molecular complexity index is 2900. The summed E-state index contributed by atoms with van der Waals surface area (Å²) < 4.78 is 80.1. The van der Waals surface area contributed by atoms with Crippen molar-refractivity contribution in [2.24, 2.45) is 14.1 Å². The van der Waals surface area contributed by atoms with Crippen LogP contribution in [0.2, 0.25) is 0 Å². The Morgan fingerprint density at radius 1 is 0.528 bits per heavy atom. The van der Waals surface area contributed by atoms with E-state index in [9.17, 15) is 35.9 Å². The number of rotatable bonds is 14. The van der Waals surface area contributed by atoms with Crippen LogP contribution >= 0.6 is 0 Å². The van der Waals surface area contributed by atoms with Crippen molar-refractivity contribution in [1.29, 1.82) is 0 Å². The summed E-state index contributed by atoms with van der Waals surface area (Å²) in [5.41, 5.74) is 5.77. The minimum atomic E-state index is -4.51. The van der Waals surface area contributed by atoms with Crippen LogP contribution in [-0.2, 0) is 62.0 Å². The molecule has 0 radical (unpaired) electrons. The van der Waals surface area contributed by atoms with Crippen molar-refractivity contribution in [3.63, 3.8) is 0 Å². The second kappa shape index (κ2) is 22.3. The molecule has 0 unspecified atom stereocenters. The third-order valence-electron chi connectivity index (χ3n) is 11.3. The normalized spacial score (nSPS) is 11.6. The SMILES string of the molecule is CC(C)c1ccccc1-c1ncc(CNC(=O)Cc2ccc(-c3nc(C(F)(F)F)cn3C)cc2)nn1.CC(C)c1ccccc1-c1ncc(CNC(=O)Cc2ccc(-c3nc(C(F)(F)F)cn3C)cc2)nn1. The number of nitrogens with zero attached hydrogens (tertiary/aromatic N) is 10. The molecule has 0 aliphatic rings. The minimum absolute atomic E-state index is 0.106. The van der Waals surface area contributed by atoms with Crippen LogP contribution in [0.15, 0.2) is 122 Å². The molecular formula is C52H50F6N12O2. The summed E-state index contributed by atoms with van der Waals surface area (Å²) in [5.74, 6) is 1.64. The lowest BCUT2D eigenvalue weighted by Crippen LogP contribution is -2.25. The molecule has 4 aromatic carbocycles. The summed E-state index contributed by atoms with van der Waals surface area (Å²) in [6.45, 7) is 8.77. The molecule has 372 valence electrons. The minimum Gasteiger partial charge on any atom is -0.350 e. The lowest BCUT2D eigenvalue weighted by Gasteiger charge is -2.11. The van der Waals surface area contributed by atoms with Crippen LogP contribution in [0.4, 0.5) is 26.3 Å². The number of alkyl halides is 6. The Morgan fingerprint density at radius 2 is 0.889 bits per heavy atom. The van der Waals surface area contributed by atoms with E-state index in [0.29, 0.717) is 57.1 Å². The van der Waals surface area contributed by atoms with Gasteiger partial charge >= 0.3 is 12.4 Å². The maximum Gasteiger partial charge on any atom is 0.434 e. The Morgan fingerprint density at radius 3 is 1.19 bits per heavy atom. The number of aryl methyl sites for hydroxylation is 2. The van der Waals surface area contributed by atoms with Gasteiger partial charge in [0.15, 0.2) is 23.0 Å². The number of benzene rings is 4. The zero-order valence-electron chi connectivity index (χ0n) is 40.1. The van der Waals surface area contributed by atoms with Crippen LogP contribution in [0.25, 0.3) is 45.6 Å². The van der Waals surface area contributed by atoms with E-state index in [1.54, 1.807) is 60.9 Å². The molecule has 0 aliphatic heterocycles. The van der Waals surface area contributed by atoms with Gasteiger partial charge in [-0.25, -0.2) is 19.9 Å². The molecule has 0 spiro atoms. The van der Waals surface area contributed by atoms with Crippen molar-refractivity contribution in [1.82, 2.24) is 60.1 Å². The highest BCUT2D eigenvalue weighted by Gasteiger charge is 2.35. The van der Waals surface area contributed by atoms with Crippen LogP contribution in [-0.4, -0.2) is 61.3 Å². The van der Waals surface area contributed by atoms with E-state index in [-0.39, 0.29) is 49.4 Å². The maximum atomic E-state index is 12.9. The standard InChI is InChI=1S/2C26H25F3N6O/c2*1-16(2)20-6-4-5-7-21(20)24-31-14-19(33-34-24)13-30-23(36)12-17-8-10-18(11-9-17)25-32-22(15-35(25)3)26(27,28)29/h2*4-11,14-16H,12-13H2,1-3H3,(H,30,36). The highest BCUT2D eigenvalue weighted by atomic mass is 19.4. The molecule has 14 nitrogen and oxygen atoms in total. The van der Waals surface area contributed by atoms with E-state index in [2.05, 4.69) is 78.7 Å². The van der Waals surface area contributed by atoms with Crippen LogP contribution < -0.4 is 10.6 Å². The Labute approximate surface area is 411 Å². The van der Waals surface area contributed by atoms with Crippen molar-refractivity contribution >= 4 is 11.8 Å². The van der Waals surface area contributed by atoms with Crippen LogP contribution in [0.3, 0.4) is 0 Å². The molecule has 4 heterocycles. The Kier molecular flexibility index (Phi) is 16.0. The summed E-state index contributed by atoms with van der Waals surface area (Å²) >= 11 is 0. The number of aromatic nitrogens is 10. The molecule has 0 atom stereocenters. The van der Waals surface area contributed by atoms with Gasteiger partial charge in [0, 0.05) is 48.7 Å². The van der Waals surface area contributed by atoms with Crippen LogP contribution in [0.5, 0.6) is 0 Å². The highest BCUT2D eigenvalue weighted by Crippen LogP contribution is 2.33. The number of hydrogen-bond donors (Lipinski definition) is 2. The van der Waals surface area contributed by atoms with E-state index < -0.39 is 23.7 Å². The van der Waals surface area contributed by atoms with E-state index in [1.165, 1.54) is 23.2 Å². The number of halogens is 6. The quantitative estimate of drug-likeness (QED) is 0.1000. The van der Waals surface area contributed by atoms with Crippen molar-refractivity contribution in [3.05, 3.63) is 167 Å². The summed E-state index contributed by atoms with van der Waals surface area (Å²) in [6, 6.07) is 29.2. The molecule has 4 aromatic heterocycles. The van der Waals surface area contributed by atoms with E-state index in [4.69, 9.17) is 0 Å². The zero-order chi connectivity index (χ0) is 51.7. The molecule has 20 heteroatoms. The monoisotopic (exact) mass is 988 g/mol. The maximum absolute atomic E-state index is 12.9. The molecule has 72 heavy (non-hydrogen) atoms. The average Bonchev–Trinajstić information content (AvgIpc) is 3.97. The number of carbonyl (C=O) groups is 2. The molecule has 0 aliphatic carbocycles. The first-order valence-corrected chi connectivity index (χ1v) is 22.7. The van der Waals surface area contributed by atoms with Gasteiger partial charge in [0.25, 0.3) is 0 Å². The third-order valence-corrected chi connectivity index (χ3v) is 11.3. The molecule has 0 fully saturated rings. The van der Waals surface area contributed by atoms with Gasteiger partial charge in [-0.3, -0.25) is 9.59 Å². The highest BCUT2D eigenvalue weighted by molar-refractivity contribution is 5.79. The molecule has 0 saturated carbocycles. The molecule has 0 saturated heterocycles. The van der Waals surface area contributed by atoms with E-state index in [1.807, 2.05) is 48.5 Å². The largest absolute Gasteiger partial charge is 0.434 e. The summed E-state index contributed by atoms with van der Waals surface area (Å²) in [5, 5.41) is 22.4. The predicted molar refractivity (Wildman–Crippen MR) is 257 cm³/mol. The average molecular weight is 989 g/mol. The lowest BCUT2D eigenvalue weighted by molar-refractivity contribution is -0.141. The number of carbonyl (C=O) groups excluding carboxylic acids is 2. The van der Waals surface area contributed by atoms with Gasteiger partial charge in [-0.05, 0) is 34.1 Å². The van der Waals surface area contributed by atoms with E-state index >= 15 is 0 Å². The fourth-order valence-corrected chi connectivity index (χ4v) is 7.57. The first-order chi connectivity index (χ1) is 34.2. The zero-order valence-corrected chi connectivity index (χ0v) is 40.1.